The summed E-state index contributed by atoms with van der Waals surface area (Å²) in [6, 6.07) is 12.6. The van der Waals surface area contributed by atoms with E-state index in [4.69, 9.17) is 14.4 Å². The first-order valence-corrected chi connectivity index (χ1v) is 10.0. The molecular weight excluding hydrogens is 400 g/mol. The third kappa shape index (κ3) is 5.52. The van der Waals surface area contributed by atoms with Gasteiger partial charge in [0.25, 0.3) is 0 Å². The number of rotatable bonds is 9. The molecule has 1 heterocycles. The van der Waals surface area contributed by atoms with E-state index in [1.54, 1.807) is 31.8 Å². The SMILES string of the molecule is COc1ccc(-c2nc3ccccc3o2)cc1N(C)C(=O)NCCCCCC(=O)NO. The van der Waals surface area contributed by atoms with E-state index in [1.807, 2.05) is 30.3 Å². The van der Waals surface area contributed by atoms with Crippen molar-refractivity contribution in [2.75, 3.05) is 25.6 Å². The van der Waals surface area contributed by atoms with Crippen LogP contribution in [0.2, 0.25) is 0 Å². The Bertz CT molecular complexity index is 1020. The third-order valence-electron chi connectivity index (χ3n) is 4.87. The predicted molar refractivity (Wildman–Crippen MR) is 116 cm³/mol. The van der Waals surface area contributed by atoms with Gasteiger partial charge in [-0.2, -0.15) is 0 Å². The number of oxazole rings is 1. The fraction of sp³-hybridized carbons (Fsp3) is 0.318. The number of para-hydroxylation sites is 2. The number of anilines is 1. The maximum absolute atomic E-state index is 12.6. The molecule has 0 unspecified atom stereocenters. The average Bonchev–Trinajstić information content (AvgIpc) is 3.24. The molecule has 9 nitrogen and oxygen atoms in total. The molecule has 0 fully saturated rings. The minimum absolute atomic E-state index is 0.254. The van der Waals surface area contributed by atoms with Crippen LogP contribution >= 0.6 is 0 Å². The van der Waals surface area contributed by atoms with E-state index in [2.05, 4.69) is 10.3 Å². The Balaban J connectivity index is 1.65. The van der Waals surface area contributed by atoms with Crippen molar-refractivity contribution in [3.05, 3.63) is 42.5 Å². The fourth-order valence-electron chi connectivity index (χ4n) is 3.15. The van der Waals surface area contributed by atoms with Crippen LogP contribution in [-0.4, -0.2) is 42.8 Å². The second-order valence-electron chi connectivity index (χ2n) is 7.01. The highest BCUT2D eigenvalue weighted by Gasteiger charge is 2.18. The number of methoxy groups -OCH3 is 1. The smallest absolute Gasteiger partial charge is 0.321 e. The van der Waals surface area contributed by atoms with Crippen LogP contribution < -0.4 is 20.4 Å². The molecule has 0 saturated heterocycles. The van der Waals surface area contributed by atoms with E-state index < -0.39 is 5.91 Å². The van der Waals surface area contributed by atoms with Crippen molar-refractivity contribution in [1.29, 1.82) is 0 Å². The van der Waals surface area contributed by atoms with Crippen molar-refractivity contribution < 1.29 is 24.0 Å². The topological polar surface area (TPSA) is 117 Å². The number of amides is 3. The number of carbonyl (C=O) groups is 2. The summed E-state index contributed by atoms with van der Waals surface area (Å²) in [5.41, 5.74) is 4.37. The number of unbranched alkanes of at least 4 members (excludes halogenated alkanes) is 2. The molecule has 0 saturated carbocycles. The third-order valence-corrected chi connectivity index (χ3v) is 4.87. The molecule has 3 rings (SSSR count). The lowest BCUT2D eigenvalue weighted by Gasteiger charge is -2.21. The Morgan fingerprint density at radius 2 is 1.97 bits per heavy atom. The highest BCUT2D eigenvalue weighted by atomic mass is 16.5. The summed E-state index contributed by atoms with van der Waals surface area (Å²) in [6.07, 6.45) is 2.37. The Morgan fingerprint density at radius 3 is 2.71 bits per heavy atom. The Labute approximate surface area is 180 Å². The van der Waals surface area contributed by atoms with Crippen molar-refractivity contribution in [3.63, 3.8) is 0 Å². The number of hydrogen-bond acceptors (Lipinski definition) is 6. The first-order chi connectivity index (χ1) is 15.0. The number of benzene rings is 2. The summed E-state index contributed by atoms with van der Waals surface area (Å²) >= 11 is 0. The lowest BCUT2D eigenvalue weighted by atomic mass is 10.1. The normalized spacial score (nSPS) is 10.7. The molecule has 3 N–H and O–H groups in total. The van der Waals surface area contributed by atoms with Gasteiger partial charge in [0, 0.05) is 25.6 Å². The molecule has 0 aliphatic carbocycles. The summed E-state index contributed by atoms with van der Waals surface area (Å²) in [5.74, 6) is 0.605. The van der Waals surface area contributed by atoms with E-state index in [0.29, 0.717) is 35.9 Å². The lowest BCUT2D eigenvalue weighted by Crippen LogP contribution is -2.38. The standard InChI is InChI=1S/C22H26N4O5/c1-26(22(28)23-13-7-3-4-10-20(27)25-29)17-14-15(11-12-19(17)30-2)21-24-16-8-5-6-9-18(16)31-21/h5-6,8-9,11-12,14,29H,3-4,7,10,13H2,1-2H3,(H,23,28)(H,25,27). The van der Waals surface area contributed by atoms with Gasteiger partial charge in [0.05, 0.1) is 12.8 Å². The second kappa shape index (κ2) is 10.4. The number of nitrogens with zero attached hydrogens (tertiary/aromatic N) is 2. The molecule has 2 aromatic carbocycles. The van der Waals surface area contributed by atoms with Crippen molar-refractivity contribution in [1.82, 2.24) is 15.8 Å². The maximum Gasteiger partial charge on any atom is 0.321 e. The van der Waals surface area contributed by atoms with Crippen LogP contribution in [0, 0.1) is 0 Å². The number of urea groups is 1. The summed E-state index contributed by atoms with van der Waals surface area (Å²) in [6.45, 7) is 0.469. The number of carbonyl (C=O) groups excluding carboxylic acids is 2. The molecule has 3 amide bonds. The Hall–Kier alpha value is -3.59. The van der Waals surface area contributed by atoms with Gasteiger partial charge in [0.1, 0.15) is 11.3 Å². The zero-order valence-corrected chi connectivity index (χ0v) is 17.6. The highest BCUT2D eigenvalue weighted by molar-refractivity contribution is 5.94. The van der Waals surface area contributed by atoms with Crippen LogP contribution in [0.25, 0.3) is 22.6 Å². The van der Waals surface area contributed by atoms with Crippen LogP contribution in [0.3, 0.4) is 0 Å². The van der Waals surface area contributed by atoms with Gasteiger partial charge in [-0.25, -0.2) is 15.3 Å². The number of aromatic nitrogens is 1. The monoisotopic (exact) mass is 426 g/mol. The molecular formula is C22H26N4O5. The van der Waals surface area contributed by atoms with Crippen molar-refractivity contribution in [2.45, 2.75) is 25.7 Å². The lowest BCUT2D eigenvalue weighted by molar-refractivity contribution is -0.129. The second-order valence-corrected chi connectivity index (χ2v) is 7.01. The highest BCUT2D eigenvalue weighted by Crippen LogP contribution is 2.33. The number of hydrogen-bond donors (Lipinski definition) is 3. The van der Waals surface area contributed by atoms with E-state index in [0.717, 1.165) is 23.9 Å². The Morgan fingerprint density at radius 1 is 1.16 bits per heavy atom. The Kier molecular flexibility index (Phi) is 7.45. The molecule has 0 atom stereocenters. The molecule has 0 radical (unpaired) electrons. The fourth-order valence-corrected chi connectivity index (χ4v) is 3.15. The molecule has 0 bridgehead atoms. The first-order valence-electron chi connectivity index (χ1n) is 10.0. The van der Waals surface area contributed by atoms with Crippen LogP contribution in [0.4, 0.5) is 10.5 Å². The minimum atomic E-state index is -0.408. The molecule has 0 spiro atoms. The largest absolute Gasteiger partial charge is 0.495 e. The van der Waals surface area contributed by atoms with Gasteiger partial charge in [-0.15, -0.1) is 0 Å². The van der Waals surface area contributed by atoms with Crippen LogP contribution in [0.15, 0.2) is 46.9 Å². The molecule has 1 aromatic heterocycles. The number of fused-ring (bicyclic) bond motifs is 1. The summed E-state index contributed by atoms with van der Waals surface area (Å²) in [5, 5.41) is 11.3. The quantitative estimate of drug-likeness (QED) is 0.273. The van der Waals surface area contributed by atoms with Gasteiger partial charge in [0.15, 0.2) is 5.58 Å². The predicted octanol–water partition coefficient (Wildman–Crippen LogP) is 3.72. The summed E-state index contributed by atoms with van der Waals surface area (Å²) in [4.78, 5) is 29.6. The van der Waals surface area contributed by atoms with E-state index >= 15 is 0 Å². The molecule has 0 aliphatic heterocycles. The average molecular weight is 426 g/mol. The van der Waals surface area contributed by atoms with Crippen LogP contribution in [0.5, 0.6) is 5.75 Å². The van der Waals surface area contributed by atoms with Crippen molar-refractivity contribution in [3.8, 4) is 17.2 Å². The van der Waals surface area contributed by atoms with Gasteiger partial charge in [0.2, 0.25) is 11.8 Å². The zero-order valence-electron chi connectivity index (χ0n) is 17.6. The van der Waals surface area contributed by atoms with Gasteiger partial charge in [-0.05, 0) is 43.2 Å². The molecule has 164 valence electrons. The number of nitrogens with one attached hydrogen (secondary N) is 2. The summed E-state index contributed by atoms with van der Waals surface area (Å²) < 4.78 is 11.3. The van der Waals surface area contributed by atoms with Gasteiger partial charge >= 0.3 is 6.03 Å². The van der Waals surface area contributed by atoms with Crippen molar-refractivity contribution in [2.24, 2.45) is 0 Å². The number of hydroxylamine groups is 1. The number of ether oxygens (including phenoxy) is 1. The van der Waals surface area contributed by atoms with Gasteiger partial charge in [-0.3, -0.25) is 14.9 Å². The first kappa shape index (κ1) is 22.1. The van der Waals surface area contributed by atoms with Crippen LogP contribution in [0.1, 0.15) is 25.7 Å². The molecule has 0 aliphatic rings. The van der Waals surface area contributed by atoms with Gasteiger partial charge < -0.3 is 14.5 Å². The summed E-state index contributed by atoms with van der Waals surface area (Å²) in [7, 11) is 3.21. The van der Waals surface area contributed by atoms with Crippen molar-refractivity contribution >= 4 is 28.7 Å². The zero-order chi connectivity index (χ0) is 22.2. The van der Waals surface area contributed by atoms with E-state index in [1.165, 1.54) is 4.90 Å². The molecule has 3 aromatic rings. The molecule has 31 heavy (non-hydrogen) atoms. The maximum atomic E-state index is 12.6. The molecule has 9 heteroatoms. The van der Waals surface area contributed by atoms with Gasteiger partial charge in [-0.1, -0.05) is 18.6 Å². The van der Waals surface area contributed by atoms with E-state index in [-0.39, 0.29) is 12.5 Å². The van der Waals surface area contributed by atoms with E-state index in [9.17, 15) is 9.59 Å². The minimum Gasteiger partial charge on any atom is -0.495 e. The van der Waals surface area contributed by atoms with Crippen LogP contribution in [-0.2, 0) is 4.79 Å².